The van der Waals surface area contributed by atoms with Crippen LogP contribution in [0.1, 0.15) is 38.0 Å². The summed E-state index contributed by atoms with van der Waals surface area (Å²) in [6.07, 6.45) is 0. The number of halogens is 1. The number of hydrogen-bond acceptors (Lipinski definition) is 4. The Morgan fingerprint density at radius 2 is 1.86 bits per heavy atom. The lowest BCUT2D eigenvalue weighted by molar-refractivity contribution is 0.544. The van der Waals surface area contributed by atoms with Crippen molar-refractivity contribution < 1.29 is 0 Å². The highest BCUT2D eigenvalue weighted by atomic mass is 35.5. The zero-order valence-corrected chi connectivity index (χ0v) is 13.9. The van der Waals surface area contributed by atoms with E-state index in [2.05, 4.69) is 35.7 Å². The van der Waals surface area contributed by atoms with Gasteiger partial charge in [-0.05, 0) is 19.1 Å². The maximum atomic E-state index is 6.13. The summed E-state index contributed by atoms with van der Waals surface area (Å²) in [7, 11) is 1.98. The van der Waals surface area contributed by atoms with Gasteiger partial charge in [-0.25, -0.2) is 9.97 Å². The molecule has 0 unspecified atom stereocenters. The fourth-order valence-corrected chi connectivity index (χ4v) is 2.13. The maximum Gasteiger partial charge on any atom is 0.137 e. The second-order valence-electron chi connectivity index (χ2n) is 6.25. The lowest BCUT2D eigenvalue weighted by Gasteiger charge is -2.22. The van der Waals surface area contributed by atoms with Gasteiger partial charge in [0.25, 0.3) is 0 Å². The molecule has 2 aromatic heterocycles. The summed E-state index contributed by atoms with van der Waals surface area (Å²) in [4.78, 5) is 15.5. The average molecular weight is 305 g/mol. The minimum Gasteiger partial charge on any atom is -0.354 e. The number of anilines is 1. The van der Waals surface area contributed by atoms with Gasteiger partial charge >= 0.3 is 0 Å². The first-order valence-corrected chi connectivity index (χ1v) is 7.32. The lowest BCUT2D eigenvalue weighted by atomic mass is 9.96. The molecule has 21 heavy (non-hydrogen) atoms. The topological polar surface area (TPSA) is 41.9 Å². The monoisotopic (exact) mass is 304 g/mol. The molecule has 0 aliphatic rings. The van der Waals surface area contributed by atoms with Crippen LogP contribution in [0.15, 0.2) is 24.3 Å². The third-order valence-electron chi connectivity index (χ3n) is 3.09. The second kappa shape index (κ2) is 5.98. The predicted octanol–water partition coefficient (Wildman–Crippen LogP) is 3.77. The highest BCUT2D eigenvalue weighted by molar-refractivity contribution is 6.29. The third kappa shape index (κ3) is 4.14. The normalized spacial score (nSPS) is 11.5. The van der Waals surface area contributed by atoms with Crippen LogP contribution in [0.5, 0.6) is 0 Å². The molecule has 0 bridgehead atoms. The molecule has 0 fully saturated rings. The van der Waals surface area contributed by atoms with Gasteiger partial charge in [-0.2, -0.15) is 0 Å². The third-order valence-corrected chi connectivity index (χ3v) is 3.28. The lowest BCUT2D eigenvalue weighted by Crippen LogP contribution is -2.22. The number of hydrogen-bond donors (Lipinski definition) is 0. The van der Waals surface area contributed by atoms with Crippen molar-refractivity contribution >= 4 is 17.4 Å². The molecule has 0 aliphatic carbocycles. The summed E-state index contributed by atoms with van der Waals surface area (Å²) in [6.45, 7) is 8.89. The first kappa shape index (κ1) is 15.7. The molecule has 0 saturated heterocycles. The summed E-state index contributed by atoms with van der Waals surface area (Å²) >= 11 is 6.13. The van der Waals surface area contributed by atoms with Crippen LogP contribution >= 0.6 is 11.6 Å². The largest absolute Gasteiger partial charge is 0.354 e. The summed E-state index contributed by atoms with van der Waals surface area (Å²) in [6, 6.07) is 7.80. The van der Waals surface area contributed by atoms with Crippen molar-refractivity contribution in [3.8, 4) is 0 Å². The van der Waals surface area contributed by atoms with Crippen molar-refractivity contribution in [2.24, 2.45) is 0 Å². The molecule has 2 heterocycles. The number of nitrogens with zero attached hydrogens (tertiary/aromatic N) is 4. The van der Waals surface area contributed by atoms with Gasteiger partial charge in [-0.15, -0.1) is 0 Å². The number of rotatable bonds is 3. The van der Waals surface area contributed by atoms with Gasteiger partial charge in [0.15, 0.2) is 0 Å². The standard InChI is InChI=1S/C16H21ClN4/c1-11-7-6-8-12(18-11)10-21(5)14-9-13(17)19-15(20-14)16(2,3)4/h6-9H,10H2,1-5H3. The van der Waals surface area contributed by atoms with Crippen LogP contribution in [0, 0.1) is 6.92 Å². The molecule has 0 saturated carbocycles. The van der Waals surface area contributed by atoms with E-state index in [1.807, 2.05) is 37.1 Å². The zero-order chi connectivity index (χ0) is 15.6. The Labute approximate surface area is 131 Å². The van der Waals surface area contributed by atoms with E-state index in [0.717, 1.165) is 23.0 Å². The van der Waals surface area contributed by atoms with Gasteiger partial charge in [-0.1, -0.05) is 38.4 Å². The molecule has 5 heteroatoms. The minimum absolute atomic E-state index is 0.137. The van der Waals surface area contributed by atoms with Crippen LogP contribution in [-0.4, -0.2) is 22.0 Å². The fraction of sp³-hybridized carbons (Fsp3) is 0.438. The number of pyridine rings is 1. The van der Waals surface area contributed by atoms with Crippen molar-refractivity contribution in [1.29, 1.82) is 0 Å². The van der Waals surface area contributed by atoms with Crippen molar-refractivity contribution in [3.63, 3.8) is 0 Å². The molecule has 0 atom stereocenters. The van der Waals surface area contributed by atoms with Crippen LogP contribution in [-0.2, 0) is 12.0 Å². The van der Waals surface area contributed by atoms with Crippen LogP contribution in [0.25, 0.3) is 0 Å². The van der Waals surface area contributed by atoms with E-state index in [-0.39, 0.29) is 5.41 Å². The first-order chi connectivity index (χ1) is 9.75. The van der Waals surface area contributed by atoms with Crippen LogP contribution in [0.4, 0.5) is 5.82 Å². The molecule has 4 nitrogen and oxygen atoms in total. The van der Waals surface area contributed by atoms with Crippen molar-refractivity contribution in [1.82, 2.24) is 15.0 Å². The van der Waals surface area contributed by atoms with Crippen molar-refractivity contribution in [2.75, 3.05) is 11.9 Å². The Bertz CT molecular complexity index is 634. The molecular formula is C16H21ClN4. The predicted molar refractivity (Wildman–Crippen MR) is 86.8 cm³/mol. The van der Waals surface area contributed by atoms with E-state index in [4.69, 9.17) is 11.6 Å². The molecular weight excluding hydrogens is 284 g/mol. The number of aryl methyl sites for hydroxylation is 1. The van der Waals surface area contributed by atoms with Gasteiger partial charge in [-0.3, -0.25) is 4.98 Å². The Morgan fingerprint density at radius 1 is 1.14 bits per heavy atom. The van der Waals surface area contributed by atoms with Gasteiger partial charge in [0.05, 0.1) is 12.2 Å². The van der Waals surface area contributed by atoms with E-state index < -0.39 is 0 Å². The quantitative estimate of drug-likeness (QED) is 0.810. The minimum atomic E-state index is -0.137. The Kier molecular flexibility index (Phi) is 4.47. The Hall–Kier alpha value is -1.68. The van der Waals surface area contributed by atoms with Crippen molar-refractivity contribution in [2.45, 2.75) is 39.7 Å². The molecule has 2 rings (SSSR count). The molecule has 0 aromatic carbocycles. The van der Waals surface area contributed by atoms with E-state index in [1.165, 1.54) is 0 Å². The average Bonchev–Trinajstić information content (AvgIpc) is 2.37. The van der Waals surface area contributed by atoms with Gasteiger partial charge in [0.1, 0.15) is 16.8 Å². The molecule has 2 aromatic rings. The maximum absolute atomic E-state index is 6.13. The van der Waals surface area contributed by atoms with Gasteiger partial charge < -0.3 is 4.90 Å². The Morgan fingerprint density at radius 3 is 2.48 bits per heavy atom. The van der Waals surface area contributed by atoms with Crippen LogP contribution < -0.4 is 4.90 Å². The van der Waals surface area contributed by atoms with Crippen LogP contribution in [0.2, 0.25) is 5.15 Å². The fourth-order valence-electron chi connectivity index (χ4n) is 1.95. The molecule has 0 amide bonds. The zero-order valence-electron chi connectivity index (χ0n) is 13.2. The van der Waals surface area contributed by atoms with E-state index >= 15 is 0 Å². The second-order valence-corrected chi connectivity index (χ2v) is 6.64. The Balaban J connectivity index is 2.27. The van der Waals surface area contributed by atoms with Crippen molar-refractivity contribution in [3.05, 3.63) is 46.6 Å². The molecule has 112 valence electrons. The first-order valence-electron chi connectivity index (χ1n) is 6.94. The SMILES string of the molecule is Cc1cccc(CN(C)c2cc(Cl)nc(C(C)(C)C)n2)n1. The highest BCUT2D eigenvalue weighted by Crippen LogP contribution is 2.24. The number of aromatic nitrogens is 3. The summed E-state index contributed by atoms with van der Waals surface area (Å²) in [5.41, 5.74) is 1.88. The molecule has 0 spiro atoms. The van der Waals surface area contributed by atoms with Crippen LogP contribution in [0.3, 0.4) is 0 Å². The summed E-state index contributed by atoms with van der Waals surface area (Å²) < 4.78 is 0. The smallest absolute Gasteiger partial charge is 0.137 e. The van der Waals surface area contributed by atoms with E-state index in [0.29, 0.717) is 11.7 Å². The summed E-state index contributed by atoms with van der Waals surface area (Å²) in [5, 5.41) is 0.467. The van der Waals surface area contributed by atoms with E-state index in [1.54, 1.807) is 6.07 Å². The van der Waals surface area contributed by atoms with Gasteiger partial charge in [0, 0.05) is 24.2 Å². The van der Waals surface area contributed by atoms with Gasteiger partial charge in [0.2, 0.25) is 0 Å². The van der Waals surface area contributed by atoms with E-state index in [9.17, 15) is 0 Å². The molecule has 0 aliphatic heterocycles. The molecule has 0 N–H and O–H groups in total. The highest BCUT2D eigenvalue weighted by Gasteiger charge is 2.19. The summed E-state index contributed by atoms with van der Waals surface area (Å²) in [5.74, 6) is 1.55. The molecule has 0 radical (unpaired) electrons.